The maximum Gasteiger partial charge on any atom is 0.274 e. The van der Waals surface area contributed by atoms with Gasteiger partial charge in [0.2, 0.25) is 0 Å². The smallest absolute Gasteiger partial charge is 0.274 e. The van der Waals surface area contributed by atoms with E-state index in [0.717, 1.165) is 18.8 Å². The minimum atomic E-state index is -2.86. The molecule has 1 aromatic rings. The van der Waals surface area contributed by atoms with Crippen molar-refractivity contribution < 1.29 is 13.2 Å². The molecule has 2 aliphatic heterocycles. The molecular formula is C15H24N4O3S. The fraction of sp³-hybridized carbons (Fsp3) is 0.733. The van der Waals surface area contributed by atoms with Crippen LogP contribution in [0.4, 0.5) is 0 Å². The van der Waals surface area contributed by atoms with Crippen LogP contribution in [-0.4, -0.2) is 78.0 Å². The molecule has 0 aromatic carbocycles. The van der Waals surface area contributed by atoms with E-state index in [-0.39, 0.29) is 17.7 Å². The van der Waals surface area contributed by atoms with Gasteiger partial charge in [0.05, 0.1) is 11.5 Å². The van der Waals surface area contributed by atoms with Crippen LogP contribution in [0, 0.1) is 0 Å². The minimum Gasteiger partial charge on any atom is -0.335 e. The lowest BCUT2D eigenvalue weighted by Gasteiger charge is -2.37. The van der Waals surface area contributed by atoms with E-state index in [1.807, 2.05) is 6.07 Å². The van der Waals surface area contributed by atoms with Gasteiger partial charge in [-0.05, 0) is 18.4 Å². The predicted octanol–water partition coefficient (Wildman–Crippen LogP) is 0.478. The van der Waals surface area contributed by atoms with Gasteiger partial charge in [0.15, 0.2) is 9.84 Å². The molecule has 2 fully saturated rings. The standard InChI is InChI=1S/C15H24N4O3S/c1-11(2)13-9-14(17-16-13)15(20)19-6-4-18(5-7-19)12-3-8-23(21,22)10-12/h9,11-12H,3-8,10H2,1-2H3,(H,16,17)/t12-/m0/s1. The highest BCUT2D eigenvalue weighted by atomic mass is 32.2. The molecule has 1 atom stereocenters. The van der Waals surface area contributed by atoms with Crippen molar-refractivity contribution >= 4 is 15.7 Å². The Morgan fingerprint density at radius 3 is 2.52 bits per heavy atom. The number of nitrogens with zero attached hydrogens (tertiary/aromatic N) is 3. The van der Waals surface area contributed by atoms with Crippen molar-refractivity contribution in [1.29, 1.82) is 0 Å². The third-order valence-electron chi connectivity index (χ3n) is 4.77. The Morgan fingerprint density at radius 2 is 2.00 bits per heavy atom. The van der Waals surface area contributed by atoms with Crippen LogP contribution in [0.5, 0.6) is 0 Å². The van der Waals surface area contributed by atoms with Crippen LogP contribution < -0.4 is 0 Å². The molecule has 2 saturated heterocycles. The summed E-state index contributed by atoms with van der Waals surface area (Å²) >= 11 is 0. The zero-order chi connectivity index (χ0) is 16.6. The zero-order valence-electron chi connectivity index (χ0n) is 13.7. The van der Waals surface area contributed by atoms with Crippen LogP contribution in [0.3, 0.4) is 0 Å². The number of rotatable bonds is 3. The molecule has 7 nitrogen and oxygen atoms in total. The molecule has 23 heavy (non-hydrogen) atoms. The first-order chi connectivity index (χ1) is 10.9. The Hall–Kier alpha value is -1.41. The first-order valence-electron chi connectivity index (χ1n) is 8.15. The van der Waals surface area contributed by atoms with Gasteiger partial charge in [0, 0.05) is 37.9 Å². The second kappa shape index (κ2) is 6.24. The SMILES string of the molecule is CC(C)c1cc(C(=O)N2CCN([C@H]3CCS(=O)(=O)C3)CC2)n[nH]1. The molecule has 0 bridgehead atoms. The van der Waals surface area contributed by atoms with Crippen molar-refractivity contribution in [3.8, 4) is 0 Å². The van der Waals surface area contributed by atoms with E-state index >= 15 is 0 Å². The fourth-order valence-corrected chi connectivity index (χ4v) is 5.02. The largest absolute Gasteiger partial charge is 0.335 e. The number of amides is 1. The zero-order valence-corrected chi connectivity index (χ0v) is 14.5. The third-order valence-corrected chi connectivity index (χ3v) is 6.52. The molecule has 0 unspecified atom stereocenters. The summed E-state index contributed by atoms with van der Waals surface area (Å²) in [7, 11) is -2.86. The highest BCUT2D eigenvalue weighted by Crippen LogP contribution is 2.20. The lowest BCUT2D eigenvalue weighted by atomic mass is 10.1. The highest BCUT2D eigenvalue weighted by molar-refractivity contribution is 7.91. The van der Waals surface area contributed by atoms with Gasteiger partial charge in [-0.2, -0.15) is 5.10 Å². The van der Waals surface area contributed by atoms with Gasteiger partial charge in [-0.1, -0.05) is 13.8 Å². The Kier molecular flexibility index (Phi) is 4.46. The average molecular weight is 340 g/mol. The van der Waals surface area contributed by atoms with Gasteiger partial charge in [-0.15, -0.1) is 0 Å². The summed E-state index contributed by atoms with van der Waals surface area (Å²) in [6.07, 6.45) is 0.716. The molecule has 2 aliphatic rings. The average Bonchev–Trinajstić information content (AvgIpc) is 3.13. The van der Waals surface area contributed by atoms with Crippen molar-refractivity contribution in [3.05, 3.63) is 17.5 Å². The van der Waals surface area contributed by atoms with E-state index in [4.69, 9.17) is 0 Å². The summed E-state index contributed by atoms with van der Waals surface area (Å²) in [6, 6.07) is 1.94. The second-order valence-corrected chi connectivity index (χ2v) is 8.98. The van der Waals surface area contributed by atoms with Crippen molar-refractivity contribution in [2.24, 2.45) is 0 Å². The van der Waals surface area contributed by atoms with Crippen LogP contribution >= 0.6 is 0 Å². The van der Waals surface area contributed by atoms with Crippen molar-refractivity contribution in [1.82, 2.24) is 20.0 Å². The molecule has 0 radical (unpaired) electrons. The van der Waals surface area contributed by atoms with Gasteiger partial charge in [-0.3, -0.25) is 14.8 Å². The van der Waals surface area contributed by atoms with E-state index in [9.17, 15) is 13.2 Å². The van der Waals surface area contributed by atoms with E-state index < -0.39 is 9.84 Å². The molecule has 3 rings (SSSR count). The summed E-state index contributed by atoms with van der Waals surface area (Å²) in [5.74, 6) is 0.817. The van der Waals surface area contributed by atoms with Gasteiger partial charge in [-0.25, -0.2) is 8.42 Å². The number of piperazine rings is 1. The number of carbonyl (C=O) groups excluding carboxylic acids is 1. The first kappa shape index (κ1) is 16.4. The predicted molar refractivity (Wildman–Crippen MR) is 87.2 cm³/mol. The van der Waals surface area contributed by atoms with E-state index in [0.29, 0.717) is 36.9 Å². The number of nitrogens with one attached hydrogen (secondary N) is 1. The number of hydrogen-bond acceptors (Lipinski definition) is 5. The molecule has 8 heteroatoms. The molecule has 1 N–H and O–H groups in total. The van der Waals surface area contributed by atoms with Gasteiger partial charge < -0.3 is 4.90 Å². The summed E-state index contributed by atoms with van der Waals surface area (Å²) < 4.78 is 23.2. The highest BCUT2D eigenvalue weighted by Gasteiger charge is 2.34. The molecule has 0 spiro atoms. The van der Waals surface area contributed by atoms with Crippen LogP contribution in [0.15, 0.2) is 6.07 Å². The number of carbonyl (C=O) groups is 1. The van der Waals surface area contributed by atoms with Crippen LogP contribution in [0.2, 0.25) is 0 Å². The van der Waals surface area contributed by atoms with Crippen LogP contribution in [0.1, 0.15) is 42.4 Å². The number of hydrogen-bond donors (Lipinski definition) is 1. The maximum absolute atomic E-state index is 12.5. The number of aromatic nitrogens is 2. The Bertz CT molecular complexity index is 675. The number of sulfone groups is 1. The van der Waals surface area contributed by atoms with E-state index in [2.05, 4.69) is 28.9 Å². The van der Waals surface area contributed by atoms with Crippen molar-refractivity contribution in [2.75, 3.05) is 37.7 Å². The van der Waals surface area contributed by atoms with Gasteiger partial charge >= 0.3 is 0 Å². The van der Waals surface area contributed by atoms with Gasteiger partial charge in [0.25, 0.3) is 5.91 Å². The monoisotopic (exact) mass is 340 g/mol. The second-order valence-electron chi connectivity index (χ2n) is 6.75. The summed E-state index contributed by atoms with van der Waals surface area (Å²) in [5, 5.41) is 7.03. The lowest BCUT2D eigenvalue weighted by Crippen LogP contribution is -2.52. The molecule has 1 aromatic heterocycles. The van der Waals surface area contributed by atoms with E-state index in [1.165, 1.54) is 0 Å². The van der Waals surface area contributed by atoms with Crippen LogP contribution in [-0.2, 0) is 9.84 Å². The Balaban J connectivity index is 1.57. The summed E-state index contributed by atoms with van der Waals surface area (Å²) in [6.45, 7) is 6.81. The molecule has 0 aliphatic carbocycles. The quantitative estimate of drug-likeness (QED) is 0.865. The lowest BCUT2D eigenvalue weighted by molar-refractivity contribution is 0.0582. The van der Waals surface area contributed by atoms with Crippen LogP contribution in [0.25, 0.3) is 0 Å². The minimum absolute atomic E-state index is 0.0492. The normalized spacial score (nSPS) is 25.2. The molecule has 0 saturated carbocycles. The van der Waals surface area contributed by atoms with E-state index in [1.54, 1.807) is 4.90 Å². The maximum atomic E-state index is 12.5. The third kappa shape index (κ3) is 3.58. The summed E-state index contributed by atoms with van der Waals surface area (Å²) in [5.41, 5.74) is 1.42. The molecular weight excluding hydrogens is 316 g/mol. The molecule has 1 amide bonds. The topological polar surface area (TPSA) is 86.4 Å². The first-order valence-corrected chi connectivity index (χ1v) is 9.97. The Morgan fingerprint density at radius 1 is 1.30 bits per heavy atom. The molecule has 128 valence electrons. The van der Waals surface area contributed by atoms with Gasteiger partial charge in [0.1, 0.15) is 5.69 Å². The van der Waals surface area contributed by atoms with Crippen molar-refractivity contribution in [2.45, 2.75) is 32.2 Å². The molecule has 3 heterocycles. The van der Waals surface area contributed by atoms with Crippen molar-refractivity contribution in [3.63, 3.8) is 0 Å². The fourth-order valence-electron chi connectivity index (χ4n) is 3.26. The number of aromatic amines is 1. The summed E-state index contributed by atoms with van der Waals surface area (Å²) in [4.78, 5) is 16.5. The Labute approximate surface area is 137 Å². The number of H-pyrrole nitrogens is 1.